The summed E-state index contributed by atoms with van der Waals surface area (Å²) >= 11 is 0. The number of nitrogens with zero attached hydrogens (tertiary/aromatic N) is 4. The Morgan fingerprint density at radius 2 is 2.04 bits per heavy atom. The first kappa shape index (κ1) is 17.5. The molecule has 3 N–H and O–H groups in total. The summed E-state index contributed by atoms with van der Waals surface area (Å²) in [4.78, 5) is 27.6. The monoisotopic (exact) mass is 368 g/mol. The van der Waals surface area contributed by atoms with Gasteiger partial charge in [-0.3, -0.25) is 4.79 Å². The number of carbonyl (C=O) groups excluding carboxylic acids is 1. The second-order valence-electron chi connectivity index (χ2n) is 6.89. The summed E-state index contributed by atoms with van der Waals surface area (Å²) in [5.74, 6) is 1.60. The molecule has 0 saturated heterocycles. The summed E-state index contributed by atoms with van der Waals surface area (Å²) in [6.45, 7) is 3.61. The van der Waals surface area contributed by atoms with E-state index in [2.05, 4.69) is 20.3 Å². The van der Waals surface area contributed by atoms with Crippen LogP contribution in [0.4, 0.5) is 11.8 Å². The van der Waals surface area contributed by atoms with E-state index in [9.17, 15) is 4.79 Å². The number of nitrogens with one attached hydrogen (secondary N) is 1. The predicted octanol–water partition coefficient (Wildman–Crippen LogP) is 1.93. The Morgan fingerprint density at radius 3 is 2.81 bits per heavy atom. The SMILES string of the molecule is CCN1Cc2nc(OC)c(CNc3nc(N)nc4c3CCCC4)cc2C1=O. The van der Waals surface area contributed by atoms with E-state index < -0.39 is 0 Å². The molecule has 8 heteroatoms. The van der Waals surface area contributed by atoms with Crippen molar-refractivity contribution in [1.29, 1.82) is 0 Å². The molecule has 0 aromatic carbocycles. The molecule has 0 atom stereocenters. The highest BCUT2D eigenvalue weighted by Crippen LogP contribution is 2.29. The number of nitrogens with two attached hydrogens (primary N) is 1. The largest absolute Gasteiger partial charge is 0.481 e. The Labute approximate surface area is 158 Å². The molecule has 2 aromatic heterocycles. The Bertz CT molecular complexity index is 898. The van der Waals surface area contributed by atoms with Gasteiger partial charge in [0.05, 0.1) is 30.6 Å². The van der Waals surface area contributed by atoms with Crippen molar-refractivity contribution in [3.8, 4) is 5.88 Å². The molecule has 2 aliphatic rings. The summed E-state index contributed by atoms with van der Waals surface area (Å²) in [6, 6.07) is 1.88. The van der Waals surface area contributed by atoms with E-state index in [0.29, 0.717) is 31.1 Å². The molecular formula is C19H24N6O2. The maximum Gasteiger partial charge on any atom is 0.256 e. The molecule has 1 aliphatic carbocycles. The average molecular weight is 368 g/mol. The Morgan fingerprint density at radius 1 is 1.22 bits per heavy atom. The zero-order chi connectivity index (χ0) is 19.0. The van der Waals surface area contributed by atoms with Crippen LogP contribution in [0.3, 0.4) is 0 Å². The molecule has 0 fully saturated rings. The number of rotatable bonds is 5. The van der Waals surface area contributed by atoms with Crippen molar-refractivity contribution in [2.75, 3.05) is 24.7 Å². The average Bonchev–Trinajstić information content (AvgIpc) is 3.00. The number of anilines is 2. The Balaban J connectivity index is 1.62. The van der Waals surface area contributed by atoms with Crippen LogP contribution in [0, 0.1) is 0 Å². The van der Waals surface area contributed by atoms with Crippen molar-refractivity contribution in [3.63, 3.8) is 0 Å². The lowest BCUT2D eigenvalue weighted by molar-refractivity contribution is 0.0786. The lowest BCUT2D eigenvalue weighted by Gasteiger charge is -2.19. The highest BCUT2D eigenvalue weighted by atomic mass is 16.5. The van der Waals surface area contributed by atoms with Crippen LogP contribution in [-0.4, -0.2) is 39.4 Å². The third-order valence-electron chi connectivity index (χ3n) is 5.22. The first-order valence-corrected chi connectivity index (χ1v) is 9.36. The smallest absolute Gasteiger partial charge is 0.256 e. The van der Waals surface area contributed by atoms with Gasteiger partial charge in [0.2, 0.25) is 11.8 Å². The lowest BCUT2D eigenvalue weighted by atomic mass is 9.96. The number of hydrogen-bond acceptors (Lipinski definition) is 7. The first-order valence-electron chi connectivity index (χ1n) is 9.36. The molecule has 4 rings (SSSR count). The van der Waals surface area contributed by atoms with Crippen LogP contribution in [0.5, 0.6) is 5.88 Å². The summed E-state index contributed by atoms with van der Waals surface area (Å²) in [6.07, 6.45) is 4.13. The van der Waals surface area contributed by atoms with E-state index in [1.807, 2.05) is 13.0 Å². The topological polar surface area (TPSA) is 106 Å². The van der Waals surface area contributed by atoms with Crippen LogP contribution >= 0.6 is 0 Å². The lowest BCUT2D eigenvalue weighted by Crippen LogP contribution is -2.23. The number of carbonyl (C=O) groups is 1. The second-order valence-corrected chi connectivity index (χ2v) is 6.89. The van der Waals surface area contributed by atoms with Crippen LogP contribution < -0.4 is 15.8 Å². The molecule has 0 radical (unpaired) electrons. The van der Waals surface area contributed by atoms with E-state index in [0.717, 1.165) is 54.0 Å². The summed E-state index contributed by atoms with van der Waals surface area (Å²) in [5.41, 5.74) is 10.3. The minimum Gasteiger partial charge on any atom is -0.481 e. The van der Waals surface area contributed by atoms with Crippen LogP contribution in [0.1, 0.15) is 52.6 Å². The van der Waals surface area contributed by atoms with E-state index in [1.165, 1.54) is 0 Å². The van der Waals surface area contributed by atoms with Gasteiger partial charge in [-0.25, -0.2) is 9.97 Å². The number of amides is 1. The Hall–Kier alpha value is -2.90. The molecular weight excluding hydrogens is 344 g/mol. The van der Waals surface area contributed by atoms with Gasteiger partial charge in [0.15, 0.2) is 0 Å². The molecule has 0 spiro atoms. The normalized spacial score (nSPS) is 15.5. The first-order chi connectivity index (χ1) is 13.1. The van der Waals surface area contributed by atoms with Gasteiger partial charge in [-0.05, 0) is 38.7 Å². The van der Waals surface area contributed by atoms with Gasteiger partial charge in [0.1, 0.15) is 5.82 Å². The van der Waals surface area contributed by atoms with E-state index in [1.54, 1.807) is 12.0 Å². The van der Waals surface area contributed by atoms with Gasteiger partial charge in [-0.1, -0.05) is 0 Å². The number of aromatic nitrogens is 3. The number of fused-ring (bicyclic) bond motifs is 2. The molecule has 0 unspecified atom stereocenters. The molecule has 142 valence electrons. The molecule has 0 saturated carbocycles. The van der Waals surface area contributed by atoms with Gasteiger partial charge < -0.3 is 20.7 Å². The van der Waals surface area contributed by atoms with Crippen molar-refractivity contribution in [2.24, 2.45) is 0 Å². The second kappa shape index (κ2) is 7.02. The fourth-order valence-electron chi connectivity index (χ4n) is 3.80. The number of methoxy groups -OCH3 is 1. The van der Waals surface area contributed by atoms with Crippen LogP contribution in [0.15, 0.2) is 6.07 Å². The Kier molecular flexibility index (Phi) is 4.55. The third-order valence-corrected chi connectivity index (χ3v) is 5.22. The minimum absolute atomic E-state index is 0.0209. The van der Waals surface area contributed by atoms with Crippen molar-refractivity contribution >= 4 is 17.7 Å². The number of ether oxygens (including phenoxy) is 1. The molecule has 27 heavy (non-hydrogen) atoms. The van der Waals surface area contributed by atoms with Crippen molar-refractivity contribution < 1.29 is 9.53 Å². The number of hydrogen-bond donors (Lipinski definition) is 2. The number of aryl methyl sites for hydroxylation is 1. The zero-order valence-corrected chi connectivity index (χ0v) is 15.7. The minimum atomic E-state index is 0.0209. The van der Waals surface area contributed by atoms with Gasteiger partial charge in [-0.15, -0.1) is 0 Å². The molecule has 1 amide bonds. The standard InChI is InChI=1S/C19H24N6O2/c1-3-25-10-15-13(18(25)26)8-11(17(22-15)27-2)9-21-16-12-6-4-5-7-14(12)23-19(20)24-16/h8H,3-7,9-10H2,1-2H3,(H3,20,21,23,24). The molecule has 8 nitrogen and oxygen atoms in total. The fraction of sp³-hybridized carbons (Fsp3) is 0.474. The van der Waals surface area contributed by atoms with Gasteiger partial charge in [0.25, 0.3) is 5.91 Å². The molecule has 0 bridgehead atoms. The summed E-state index contributed by atoms with van der Waals surface area (Å²) in [7, 11) is 1.59. The van der Waals surface area contributed by atoms with Crippen molar-refractivity contribution in [1.82, 2.24) is 19.9 Å². The van der Waals surface area contributed by atoms with Crippen molar-refractivity contribution in [2.45, 2.75) is 45.7 Å². The van der Waals surface area contributed by atoms with Gasteiger partial charge in [-0.2, -0.15) is 4.98 Å². The quantitative estimate of drug-likeness (QED) is 0.830. The summed E-state index contributed by atoms with van der Waals surface area (Å²) < 4.78 is 5.46. The summed E-state index contributed by atoms with van der Waals surface area (Å²) in [5, 5.41) is 3.36. The highest BCUT2D eigenvalue weighted by molar-refractivity contribution is 5.98. The van der Waals surface area contributed by atoms with E-state index in [-0.39, 0.29) is 11.9 Å². The maximum absolute atomic E-state index is 12.5. The zero-order valence-electron chi connectivity index (χ0n) is 15.7. The van der Waals surface area contributed by atoms with Crippen LogP contribution in [-0.2, 0) is 25.9 Å². The number of pyridine rings is 1. The molecule has 2 aromatic rings. The van der Waals surface area contributed by atoms with Gasteiger partial charge >= 0.3 is 0 Å². The predicted molar refractivity (Wildman–Crippen MR) is 102 cm³/mol. The van der Waals surface area contributed by atoms with Crippen molar-refractivity contribution in [3.05, 3.63) is 34.1 Å². The van der Waals surface area contributed by atoms with Gasteiger partial charge in [0, 0.05) is 24.2 Å². The third kappa shape index (κ3) is 3.15. The van der Waals surface area contributed by atoms with E-state index >= 15 is 0 Å². The van der Waals surface area contributed by atoms with Crippen LogP contribution in [0.2, 0.25) is 0 Å². The molecule has 1 aliphatic heterocycles. The van der Waals surface area contributed by atoms with Crippen LogP contribution in [0.25, 0.3) is 0 Å². The highest BCUT2D eigenvalue weighted by Gasteiger charge is 2.29. The van der Waals surface area contributed by atoms with E-state index in [4.69, 9.17) is 10.5 Å². The molecule has 3 heterocycles. The fourth-order valence-corrected chi connectivity index (χ4v) is 3.80. The maximum atomic E-state index is 12.5. The number of nitrogen functional groups attached to an aromatic ring is 1.